The van der Waals surface area contributed by atoms with Gasteiger partial charge in [-0.2, -0.15) is 0 Å². The summed E-state index contributed by atoms with van der Waals surface area (Å²) in [6, 6.07) is 0. The van der Waals surface area contributed by atoms with Crippen molar-refractivity contribution in [3.63, 3.8) is 0 Å². The first-order valence-corrected chi connectivity index (χ1v) is 0. The molecule has 4 heavy (non-hydrogen) atoms. The number of hydrogen-bond donors (Lipinski definition) is 0. The van der Waals surface area contributed by atoms with Gasteiger partial charge in [-0.1, -0.05) is 0 Å². The van der Waals surface area contributed by atoms with Gasteiger partial charge in [0.05, 0.1) is 0 Å². The van der Waals surface area contributed by atoms with Crippen LogP contribution < -0.4 is 12.4 Å². The average molecular weight is 171 g/mol. The number of hydrogen-bond acceptors (Lipinski definition) is 1. The van der Waals surface area contributed by atoms with Gasteiger partial charge in [0.25, 0.3) is 0 Å². The predicted octanol–water partition coefficient (Wildman–Crippen LogP) is -3.56. The summed E-state index contributed by atoms with van der Waals surface area (Å²) >= 11 is 0. The molecule has 0 aliphatic carbocycles. The molecule has 1 N–H and O–H groups in total. The second-order valence-corrected chi connectivity index (χ2v) is 0. The topological polar surface area (TPSA) is 30.0 Å². The van der Waals surface area contributed by atoms with Crippen molar-refractivity contribution in [1.29, 1.82) is 0 Å². The molecule has 0 aliphatic rings. The maximum Gasteiger partial charge on any atom is 4.00 e. The standard InChI is InChI=1S/Al.ClH.H2O.Zr/h;1H;1H2;/q+3;;;+4/p-2. The molecule has 0 radical (unpaired) electrons. The smallest absolute Gasteiger partial charge is 1.00 e. The van der Waals surface area contributed by atoms with E-state index >= 15 is 0 Å². The fourth-order valence-corrected chi connectivity index (χ4v) is 0. The molecular weight excluding hydrogens is 170 g/mol. The molecule has 0 saturated heterocycles. The monoisotopic (exact) mass is 169 g/mol. The summed E-state index contributed by atoms with van der Waals surface area (Å²) in [6.07, 6.45) is 0. The van der Waals surface area contributed by atoms with Crippen LogP contribution in [0.25, 0.3) is 0 Å². The Morgan fingerprint density at radius 2 is 1.00 bits per heavy atom. The van der Waals surface area contributed by atoms with Crippen LogP contribution in [0, 0.1) is 0 Å². The average Bonchev–Trinajstić information content (AvgIpc) is 0. The first-order chi connectivity index (χ1) is 0. The number of halogens is 1. The van der Waals surface area contributed by atoms with E-state index in [4.69, 9.17) is 0 Å². The minimum absolute atomic E-state index is 0. The van der Waals surface area contributed by atoms with Crippen LogP contribution in [-0.4, -0.2) is 22.8 Å². The first-order valence-electron chi connectivity index (χ1n) is 0. The van der Waals surface area contributed by atoms with E-state index in [1.165, 1.54) is 0 Å². The second-order valence-electron chi connectivity index (χ2n) is 0. The van der Waals surface area contributed by atoms with Gasteiger partial charge < -0.3 is 17.9 Å². The van der Waals surface area contributed by atoms with Crippen LogP contribution in [-0.2, 0) is 26.2 Å². The van der Waals surface area contributed by atoms with Crippen LogP contribution in [0.2, 0.25) is 0 Å². The normalized spacial score (nSPS) is 0. The summed E-state index contributed by atoms with van der Waals surface area (Å²) in [4.78, 5) is 0. The Labute approximate surface area is 61.1 Å². The summed E-state index contributed by atoms with van der Waals surface area (Å²) < 4.78 is 0. The van der Waals surface area contributed by atoms with E-state index in [0.717, 1.165) is 0 Å². The zero-order valence-corrected chi connectivity index (χ0v) is 6.27. The van der Waals surface area contributed by atoms with Crippen molar-refractivity contribution >= 4 is 17.4 Å². The fraction of sp³-hybridized carbons (Fsp3) is 0. The van der Waals surface area contributed by atoms with Gasteiger partial charge in [-0.25, -0.2) is 0 Å². The molecule has 0 atom stereocenters. The Hall–Kier alpha value is 1.67. The zero-order chi connectivity index (χ0) is 0. The molecule has 0 spiro atoms. The van der Waals surface area contributed by atoms with Crippen LogP contribution in [0.1, 0.15) is 0 Å². The molecular formula is HAlClOZr+5. The molecule has 4 heteroatoms. The van der Waals surface area contributed by atoms with Gasteiger partial charge in [0.15, 0.2) is 0 Å². The molecule has 16 valence electrons. The fourth-order valence-electron chi connectivity index (χ4n) is 0. The molecule has 0 amide bonds. The Morgan fingerprint density at radius 3 is 1.00 bits per heavy atom. The third-order valence-corrected chi connectivity index (χ3v) is 0. The minimum Gasteiger partial charge on any atom is -1.00 e. The van der Waals surface area contributed by atoms with Gasteiger partial charge >= 0.3 is 43.6 Å². The molecule has 1 nitrogen and oxygen atoms in total. The second kappa shape index (κ2) is 22.6. The molecule has 0 aromatic carbocycles. The molecule has 0 unspecified atom stereocenters. The van der Waals surface area contributed by atoms with Gasteiger partial charge in [0.1, 0.15) is 0 Å². The molecule has 0 fully saturated rings. The Balaban J connectivity index is 0. The molecule has 0 aromatic rings. The largest absolute Gasteiger partial charge is 4.00 e. The van der Waals surface area contributed by atoms with Crippen molar-refractivity contribution in [2.45, 2.75) is 0 Å². The molecule has 0 bridgehead atoms. The van der Waals surface area contributed by atoms with Crippen LogP contribution in [0.15, 0.2) is 0 Å². The number of rotatable bonds is 0. The van der Waals surface area contributed by atoms with E-state index in [2.05, 4.69) is 0 Å². The van der Waals surface area contributed by atoms with E-state index in [-0.39, 0.29) is 61.4 Å². The molecule has 0 rings (SSSR count). The van der Waals surface area contributed by atoms with Crippen LogP contribution in [0.5, 0.6) is 0 Å². The van der Waals surface area contributed by atoms with Crippen molar-refractivity contribution in [3.05, 3.63) is 0 Å². The maximum atomic E-state index is 0. The van der Waals surface area contributed by atoms with Gasteiger partial charge in [-0.05, 0) is 0 Å². The van der Waals surface area contributed by atoms with E-state index < -0.39 is 0 Å². The van der Waals surface area contributed by atoms with E-state index in [0.29, 0.717) is 0 Å². The Kier molecular flexibility index (Phi) is 251. The minimum atomic E-state index is 0. The third-order valence-electron chi connectivity index (χ3n) is 0. The third kappa shape index (κ3) is 9.39. The van der Waals surface area contributed by atoms with Crippen molar-refractivity contribution in [1.82, 2.24) is 0 Å². The molecule has 0 aromatic heterocycles. The van der Waals surface area contributed by atoms with Gasteiger partial charge in [-0.15, -0.1) is 0 Å². The summed E-state index contributed by atoms with van der Waals surface area (Å²) in [7, 11) is 0. The molecule has 0 heterocycles. The molecule has 0 saturated carbocycles. The van der Waals surface area contributed by atoms with Crippen LogP contribution >= 0.6 is 0 Å². The summed E-state index contributed by atoms with van der Waals surface area (Å²) in [5.74, 6) is 0. The Morgan fingerprint density at radius 1 is 1.00 bits per heavy atom. The predicted molar refractivity (Wildman–Crippen MR) is 7.69 cm³/mol. The van der Waals surface area contributed by atoms with Gasteiger partial charge in [-0.3, -0.25) is 0 Å². The zero-order valence-electron chi connectivity index (χ0n) is 1.90. The summed E-state index contributed by atoms with van der Waals surface area (Å²) in [5.41, 5.74) is 0. The van der Waals surface area contributed by atoms with Crippen molar-refractivity contribution in [2.75, 3.05) is 0 Å². The van der Waals surface area contributed by atoms with Crippen molar-refractivity contribution in [3.8, 4) is 0 Å². The maximum absolute atomic E-state index is 0. The summed E-state index contributed by atoms with van der Waals surface area (Å²) in [5, 5.41) is 0. The van der Waals surface area contributed by atoms with E-state index in [1.54, 1.807) is 0 Å². The van der Waals surface area contributed by atoms with Crippen molar-refractivity contribution in [2.24, 2.45) is 0 Å². The van der Waals surface area contributed by atoms with Crippen LogP contribution in [0.4, 0.5) is 0 Å². The quantitative estimate of drug-likeness (QED) is 0.346. The Bertz CT molecular complexity index is 8.00. The van der Waals surface area contributed by atoms with Crippen LogP contribution in [0.3, 0.4) is 0 Å². The first kappa shape index (κ1) is 44.5. The van der Waals surface area contributed by atoms with Crippen molar-refractivity contribution < 1.29 is 44.1 Å². The van der Waals surface area contributed by atoms with E-state index in [9.17, 15) is 0 Å². The molecule has 0 aliphatic heterocycles. The summed E-state index contributed by atoms with van der Waals surface area (Å²) in [6.45, 7) is 0. The van der Waals surface area contributed by atoms with Gasteiger partial charge in [0.2, 0.25) is 0 Å². The van der Waals surface area contributed by atoms with Gasteiger partial charge in [0, 0.05) is 0 Å². The SMILES string of the molecule is [Al+3].[Cl-].[OH-].[Zr+4]. The van der Waals surface area contributed by atoms with E-state index in [1.807, 2.05) is 0 Å².